The second-order valence-electron chi connectivity index (χ2n) is 8.34. The monoisotopic (exact) mass is 498 g/mol. The minimum atomic E-state index is -4.58. The second kappa shape index (κ2) is 9.11. The van der Waals surface area contributed by atoms with Crippen molar-refractivity contribution in [1.29, 1.82) is 0 Å². The summed E-state index contributed by atoms with van der Waals surface area (Å²) in [6.45, 7) is 4.03. The predicted octanol–water partition coefficient (Wildman–Crippen LogP) is 2.41. The number of nitrogens with zero attached hydrogens (tertiary/aromatic N) is 9. The number of pyridine rings is 1. The molecular weight excluding hydrogens is 477 g/mol. The van der Waals surface area contributed by atoms with Crippen molar-refractivity contribution in [3.05, 3.63) is 59.6 Å². The molecule has 0 saturated carbocycles. The van der Waals surface area contributed by atoms with Crippen LogP contribution in [0.3, 0.4) is 0 Å². The van der Waals surface area contributed by atoms with Gasteiger partial charge in [-0.05, 0) is 32.0 Å². The van der Waals surface area contributed by atoms with Gasteiger partial charge in [0.15, 0.2) is 11.6 Å². The van der Waals surface area contributed by atoms with Gasteiger partial charge in [-0.15, -0.1) is 10.2 Å². The molecule has 5 rings (SSSR count). The Kier molecular flexibility index (Phi) is 5.96. The van der Waals surface area contributed by atoms with E-state index in [0.717, 1.165) is 16.0 Å². The van der Waals surface area contributed by atoms with Crippen LogP contribution in [0.1, 0.15) is 23.0 Å². The van der Waals surface area contributed by atoms with Crippen molar-refractivity contribution in [3.8, 4) is 17.3 Å². The summed E-state index contributed by atoms with van der Waals surface area (Å²) in [6, 6.07) is 8.84. The second-order valence-corrected chi connectivity index (χ2v) is 8.34. The van der Waals surface area contributed by atoms with E-state index in [9.17, 15) is 18.0 Å². The zero-order chi connectivity index (χ0) is 25.4. The van der Waals surface area contributed by atoms with Gasteiger partial charge in [0.2, 0.25) is 11.7 Å². The first kappa shape index (κ1) is 23.5. The van der Waals surface area contributed by atoms with E-state index in [2.05, 4.69) is 35.6 Å². The molecule has 4 aromatic heterocycles. The van der Waals surface area contributed by atoms with E-state index in [-0.39, 0.29) is 43.7 Å². The van der Waals surface area contributed by atoms with E-state index in [1.54, 1.807) is 40.0 Å². The van der Waals surface area contributed by atoms with Gasteiger partial charge in [0, 0.05) is 31.0 Å². The number of carbonyl (C=O) groups excluding carboxylic acids is 1. The van der Waals surface area contributed by atoms with Gasteiger partial charge in [0.25, 0.3) is 0 Å². The van der Waals surface area contributed by atoms with Crippen LogP contribution in [0.2, 0.25) is 0 Å². The highest BCUT2D eigenvalue weighted by Gasteiger charge is 2.39. The summed E-state index contributed by atoms with van der Waals surface area (Å²) in [7, 11) is 0. The highest BCUT2D eigenvalue weighted by atomic mass is 19.4. The molecule has 11 nitrogen and oxygen atoms in total. The van der Waals surface area contributed by atoms with E-state index in [1.165, 1.54) is 0 Å². The molecule has 186 valence electrons. The number of hydrogen-bond donors (Lipinski definition) is 1. The number of rotatable bonds is 5. The molecule has 0 saturated heterocycles. The van der Waals surface area contributed by atoms with E-state index >= 15 is 0 Å². The third-order valence-corrected chi connectivity index (χ3v) is 5.55. The maximum absolute atomic E-state index is 13.1. The van der Waals surface area contributed by atoms with E-state index in [0.29, 0.717) is 17.3 Å². The standard InChI is InChI=1S/C22H21F3N10O/c1-13-9-14(2)35(32-13)17-10-16(28-20(29-17)15-5-3-4-6-26-15)27-19(36)12-33-7-8-34-18(11-33)30-31-21(34)22(23,24)25/h3-6,9-10H,7-8,11-12H2,1-2H3,(H,27,28,29,36). The van der Waals surface area contributed by atoms with Gasteiger partial charge in [-0.1, -0.05) is 6.07 Å². The summed E-state index contributed by atoms with van der Waals surface area (Å²) in [6.07, 6.45) is -2.96. The molecule has 1 aliphatic heterocycles. The molecule has 1 N–H and O–H groups in total. The maximum atomic E-state index is 13.1. The molecule has 0 fully saturated rings. The zero-order valence-electron chi connectivity index (χ0n) is 19.4. The van der Waals surface area contributed by atoms with Crippen molar-refractivity contribution in [2.45, 2.75) is 33.1 Å². The maximum Gasteiger partial charge on any atom is 0.451 e. The van der Waals surface area contributed by atoms with Gasteiger partial charge in [-0.25, -0.2) is 14.6 Å². The number of fused-ring (bicyclic) bond motifs is 1. The first-order chi connectivity index (χ1) is 17.2. The SMILES string of the molecule is Cc1cc(C)n(-c2cc(NC(=O)CN3CCn4c(nnc4C(F)(F)F)C3)nc(-c3ccccn3)n2)n1. The molecule has 4 aromatic rings. The summed E-state index contributed by atoms with van der Waals surface area (Å²) in [4.78, 5) is 27.9. The lowest BCUT2D eigenvalue weighted by Crippen LogP contribution is -2.40. The van der Waals surface area contributed by atoms with Crippen LogP contribution >= 0.6 is 0 Å². The Morgan fingerprint density at radius 1 is 1.11 bits per heavy atom. The largest absolute Gasteiger partial charge is 0.451 e. The first-order valence-corrected chi connectivity index (χ1v) is 11.0. The van der Waals surface area contributed by atoms with Crippen LogP contribution in [0, 0.1) is 13.8 Å². The van der Waals surface area contributed by atoms with E-state index in [1.807, 2.05) is 19.9 Å². The van der Waals surface area contributed by atoms with Gasteiger partial charge in [-0.3, -0.25) is 14.7 Å². The highest BCUT2D eigenvalue weighted by Crippen LogP contribution is 2.29. The quantitative estimate of drug-likeness (QED) is 0.446. The molecular formula is C22H21F3N10O. The Labute approximate surface area is 203 Å². The molecule has 5 heterocycles. The molecule has 0 atom stereocenters. The minimum absolute atomic E-state index is 0.0316. The minimum Gasteiger partial charge on any atom is -0.309 e. The molecule has 0 aromatic carbocycles. The number of hydrogen-bond acceptors (Lipinski definition) is 8. The van der Waals surface area contributed by atoms with Crippen LogP contribution in [-0.4, -0.2) is 63.4 Å². The highest BCUT2D eigenvalue weighted by molar-refractivity contribution is 5.91. The van der Waals surface area contributed by atoms with Crippen molar-refractivity contribution in [1.82, 2.24) is 44.4 Å². The van der Waals surface area contributed by atoms with Crippen LogP contribution in [0.4, 0.5) is 19.0 Å². The number of aromatic nitrogens is 8. The molecule has 1 aliphatic rings. The molecule has 1 amide bonds. The van der Waals surface area contributed by atoms with Crippen LogP contribution in [0.15, 0.2) is 36.5 Å². The summed E-state index contributed by atoms with van der Waals surface area (Å²) >= 11 is 0. The average molecular weight is 498 g/mol. The Hall–Kier alpha value is -4.20. The third kappa shape index (κ3) is 4.79. The number of halogens is 3. The molecule has 0 aliphatic carbocycles. The Balaban J connectivity index is 1.36. The predicted molar refractivity (Wildman–Crippen MR) is 121 cm³/mol. The third-order valence-electron chi connectivity index (χ3n) is 5.55. The molecule has 0 spiro atoms. The molecule has 0 radical (unpaired) electrons. The van der Waals surface area contributed by atoms with Crippen LogP contribution in [-0.2, 0) is 24.1 Å². The number of amides is 1. The van der Waals surface area contributed by atoms with Crippen molar-refractivity contribution < 1.29 is 18.0 Å². The topological polar surface area (TPSA) is 120 Å². The van der Waals surface area contributed by atoms with Crippen molar-refractivity contribution >= 4 is 11.7 Å². The van der Waals surface area contributed by atoms with E-state index < -0.39 is 12.0 Å². The molecule has 14 heteroatoms. The fourth-order valence-corrected chi connectivity index (χ4v) is 4.02. The molecule has 0 unspecified atom stereocenters. The summed E-state index contributed by atoms with van der Waals surface area (Å²) < 4.78 is 41.9. The number of nitrogens with one attached hydrogen (secondary N) is 1. The number of anilines is 1. The van der Waals surface area contributed by atoms with E-state index in [4.69, 9.17) is 0 Å². The van der Waals surface area contributed by atoms with Gasteiger partial charge >= 0.3 is 6.18 Å². The fraction of sp³-hybridized carbons (Fsp3) is 0.318. The van der Waals surface area contributed by atoms with Crippen molar-refractivity contribution in [2.75, 3.05) is 18.4 Å². The lowest BCUT2D eigenvalue weighted by molar-refractivity contribution is -0.148. The van der Waals surface area contributed by atoms with Crippen molar-refractivity contribution in [2.24, 2.45) is 0 Å². The Morgan fingerprint density at radius 3 is 2.64 bits per heavy atom. The fourth-order valence-electron chi connectivity index (χ4n) is 4.02. The van der Waals surface area contributed by atoms with Crippen LogP contribution in [0.5, 0.6) is 0 Å². The lowest BCUT2D eigenvalue weighted by Gasteiger charge is -2.27. The molecule has 36 heavy (non-hydrogen) atoms. The van der Waals surface area contributed by atoms with Crippen molar-refractivity contribution in [3.63, 3.8) is 0 Å². The smallest absolute Gasteiger partial charge is 0.309 e. The number of aryl methyl sites for hydroxylation is 2. The number of carbonyl (C=O) groups is 1. The van der Waals surface area contributed by atoms with Gasteiger partial charge in [-0.2, -0.15) is 18.3 Å². The van der Waals surface area contributed by atoms with Gasteiger partial charge in [0.05, 0.1) is 18.8 Å². The summed E-state index contributed by atoms with van der Waals surface area (Å²) in [5, 5.41) is 14.1. The Bertz CT molecular complexity index is 1410. The summed E-state index contributed by atoms with van der Waals surface area (Å²) in [5.74, 6) is -0.241. The number of alkyl halides is 3. The summed E-state index contributed by atoms with van der Waals surface area (Å²) in [5.41, 5.74) is 2.18. The molecule has 0 bridgehead atoms. The first-order valence-electron chi connectivity index (χ1n) is 11.0. The zero-order valence-corrected chi connectivity index (χ0v) is 19.4. The van der Waals surface area contributed by atoms with Crippen LogP contribution in [0.25, 0.3) is 17.3 Å². The Morgan fingerprint density at radius 2 is 1.94 bits per heavy atom. The van der Waals surface area contributed by atoms with Gasteiger partial charge < -0.3 is 9.88 Å². The normalized spacial score (nSPS) is 14.0. The average Bonchev–Trinajstić information content (AvgIpc) is 3.41. The van der Waals surface area contributed by atoms with Crippen LogP contribution < -0.4 is 5.32 Å². The van der Waals surface area contributed by atoms with Gasteiger partial charge in [0.1, 0.15) is 17.3 Å². The lowest BCUT2D eigenvalue weighted by atomic mass is 10.3.